The van der Waals surface area contributed by atoms with Gasteiger partial charge in [0.25, 0.3) is 0 Å². The van der Waals surface area contributed by atoms with Gasteiger partial charge in [-0.1, -0.05) is 12.1 Å². The maximum atomic E-state index is 15.3. The average molecular weight is 478 g/mol. The van der Waals surface area contributed by atoms with Crippen LogP contribution in [0.25, 0.3) is 28.1 Å². The average Bonchev–Trinajstić information content (AvgIpc) is 3.41. The summed E-state index contributed by atoms with van der Waals surface area (Å²) in [7, 11) is 0. The molecule has 5 rings (SSSR count). The van der Waals surface area contributed by atoms with Gasteiger partial charge in [-0.25, -0.2) is 17.6 Å². The Morgan fingerprint density at radius 2 is 0.972 bits per heavy atom. The van der Waals surface area contributed by atoms with Crippen molar-refractivity contribution in [1.29, 1.82) is 21.0 Å². The molecule has 0 unspecified atom stereocenters. The molecule has 0 bridgehead atoms. The summed E-state index contributed by atoms with van der Waals surface area (Å²) in [6.07, 6.45) is 2.94. The Bertz CT molecular complexity index is 1660. The minimum absolute atomic E-state index is 0.132. The van der Waals surface area contributed by atoms with E-state index in [0.29, 0.717) is 22.5 Å². The molecule has 0 aliphatic heterocycles. The van der Waals surface area contributed by atoms with Crippen LogP contribution in [-0.2, 0) is 0 Å². The number of nitriles is 4. The van der Waals surface area contributed by atoms with Crippen LogP contribution in [0.5, 0.6) is 0 Å². The van der Waals surface area contributed by atoms with E-state index in [9.17, 15) is 29.8 Å². The molecule has 0 radical (unpaired) electrons. The van der Waals surface area contributed by atoms with Gasteiger partial charge in [0, 0.05) is 56.9 Å². The van der Waals surface area contributed by atoms with E-state index in [-0.39, 0.29) is 11.1 Å². The Morgan fingerprint density at radius 1 is 0.583 bits per heavy atom. The molecule has 3 aromatic rings. The van der Waals surface area contributed by atoms with Gasteiger partial charge in [0.1, 0.15) is 35.4 Å². The first-order valence-corrected chi connectivity index (χ1v) is 10.0. The third-order valence-corrected chi connectivity index (χ3v) is 5.84. The second-order valence-electron chi connectivity index (χ2n) is 7.50. The summed E-state index contributed by atoms with van der Waals surface area (Å²) in [4.78, 5) is 8.60. The van der Waals surface area contributed by atoms with E-state index in [1.165, 1.54) is 12.4 Å². The van der Waals surface area contributed by atoms with Crippen LogP contribution in [0.15, 0.2) is 53.4 Å². The predicted octanol–water partition coefficient (Wildman–Crippen LogP) is 5.13. The highest BCUT2D eigenvalue weighted by atomic mass is 19.2. The normalized spacial score (nSPS) is 12.7. The lowest BCUT2D eigenvalue weighted by atomic mass is 9.88. The molecule has 10 heteroatoms. The first-order valence-electron chi connectivity index (χ1n) is 10.0. The summed E-state index contributed by atoms with van der Waals surface area (Å²) in [5.74, 6) is -8.09. The van der Waals surface area contributed by atoms with Crippen LogP contribution in [0.3, 0.4) is 0 Å². The molecule has 0 atom stereocenters. The van der Waals surface area contributed by atoms with Gasteiger partial charge >= 0.3 is 0 Å². The zero-order chi connectivity index (χ0) is 25.7. The standard InChI is InChI=1S/C26H6F4N6/c27-21-19-15(11(7-31)8-32)18(16(12(9-33)10-34)20(19)22(28)24(30)23(21)29)17-13-3-1-5-35-25(13)26-14(17)4-2-6-36-26/h1-6H. The quantitative estimate of drug-likeness (QED) is 0.150. The van der Waals surface area contributed by atoms with Gasteiger partial charge in [-0.3, -0.25) is 9.97 Å². The van der Waals surface area contributed by atoms with Crippen molar-refractivity contribution < 1.29 is 17.6 Å². The van der Waals surface area contributed by atoms with Crippen LogP contribution in [-0.4, -0.2) is 9.97 Å². The predicted molar refractivity (Wildman–Crippen MR) is 116 cm³/mol. The fourth-order valence-corrected chi connectivity index (χ4v) is 4.51. The van der Waals surface area contributed by atoms with E-state index in [4.69, 9.17) is 0 Å². The Hall–Kier alpha value is -5.58. The lowest BCUT2D eigenvalue weighted by Gasteiger charge is -2.12. The number of aromatic nitrogens is 2. The molecular formula is C26H6F4N6. The number of benzene rings is 1. The Kier molecular flexibility index (Phi) is 4.95. The smallest absolute Gasteiger partial charge is 0.198 e. The molecule has 0 amide bonds. The molecule has 2 aliphatic rings. The number of allylic oxidation sites excluding steroid dienone is 5. The number of pyridine rings is 2. The second-order valence-corrected chi connectivity index (χ2v) is 7.50. The molecule has 168 valence electrons. The SMILES string of the molecule is N#CC(C#N)=C1C(=C2c3cccnc3-c3ncccc32)C(=C(C#N)C#N)c2c(F)c(F)c(F)c(F)c21. The van der Waals surface area contributed by atoms with Crippen molar-refractivity contribution in [3.05, 3.63) is 98.9 Å². The molecule has 2 aliphatic carbocycles. The van der Waals surface area contributed by atoms with Gasteiger partial charge in [-0.15, -0.1) is 0 Å². The first-order chi connectivity index (χ1) is 17.4. The van der Waals surface area contributed by atoms with Crippen molar-refractivity contribution in [3.8, 4) is 35.7 Å². The second kappa shape index (κ2) is 8.02. The van der Waals surface area contributed by atoms with Gasteiger partial charge in [0.15, 0.2) is 23.3 Å². The summed E-state index contributed by atoms with van der Waals surface area (Å²) in [6.45, 7) is 0. The van der Waals surface area contributed by atoms with E-state index in [2.05, 4.69) is 9.97 Å². The summed E-state index contributed by atoms with van der Waals surface area (Å²) >= 11 is 0. The highest BCUT2D eigenvalue weighted by molar-refractivity contribution is 6.21. The highest BCUT2D eigenvalue weighted by Gasteiger charge is 2.44. The van der Waals surface area contributed by atoms with Crippen LogP contribution in [0.1, 0.15) is 22.3 Å². The Morgan fingerprint density at radius 3 is 1.33 bits per heavy atom. The summed E-state index contributed by atoms with van der Waals surface area (Å²) in [5.41, 5.74) is -3.35. The van der Waals surface area contributed by atoms with Gasteiger partial charge in [0.2, 0.25) is 0 Å². The van der Waals surface area contributed by atoms with E-state index < -0.39 is 56.7 Å². The minimum Gasteiger partial charge on any atom is -0.254 e. The number of nitrogens with zero attached hydrogens (tertiary/aromatic N) is 6. The van der Waals surface area contributed by atoms with Crippen LogP contribution in [0.4, 0.5) is 17.6 Å². The van der Waals surface area contributed by atoms with Gasteiger partial charge in [-0.2, -0.15) is 21.0 Å². The maximum absolute atomic E-state index is 15.3. The molecule has 0 fully saturated rings. The summed E-state index contributed by atoms with van der Waals surface area (Å²) < 4.78 is 59.3. The Labute approximate surface area is 200 Å². The molecule has 36 heavy (non-hydrogen) atoms. The molecular weight excluding hydrogens is 472 g/mol. The van der Waals surface area contributed by atoms with Crippen LogP contribution < -0.4 is 0 Å². The van der Waals surface area contributed by atoms with Gasteiger partial charge < -0.3 is 0 Å². The fourth-order valence-electron chi connectivity index (χ4n) is 4.51. The van der Waals surface area contributed by atoms with Crippen molar-refractivity contribution in [2.75, 3.05) is 0 Å². The van der Waals surface area contributed by atoms with Crippen molar-refractivity contribution >= 4 is 16.7 Å². The molecule has 1 aromatic carbocycles. The fraction of sp³-hybridized carbons (Fsp3) is 0. The summed E-state index contributed by atoms with van der Waals surface area (Å²) in [5, 5.41) is 38.7. The van der Waals surface area contributed by atoms with Crippen molar-refractivity contribution in [2.45, 2.75) is 0 Å². The third kappa shape index (κ3) is 2.73. The number of rotatable bonds is 0. The molecule has 0 saturated carbocycles. The van der Waals surface area contributed by atoms with Gasteiger partial charge in [0.05, 0.1) is 11.4 Å². The van der Waals surface area contributed by atoms with Gasteiger partial charge in [-0.05, 0) is 12.1 Å². The summed E-state index contributed by atoms with van der Waals surface area (Å²) in [6, 6.07) is 12.5. The molecule has 0 spiro atoms. The zero-order valence-electron chi connectivity index (χ0n) is 17.7. The topological polar surface area (TPSA) is 121 Å². The molecule has 6 nitrogen and oxygen atoms in total. The molecule has 0 saturated heterocycles. The third-order valence-electron chi connectivity index (χ3n) is 5.84. The largest absolute Gasteiger partial charge is 0.254 e. The van der Waals surface area contributed by atoms with Crippen molar-refractivity contribution in [2.24, 2.45) is 0 Å². The minimum atomic E-state index is -2.17. The van der Waals surface area contributed by atoms with E-state index in [0.717, 1.165) is 0 Å². The highest BCUT2D eigenvalue weighted by Crippen LogP contribution is 2.56. The lowest BCUT2D eigenvalue weighted by molar-refractivity contribution is 0.407. The van der Waals surface area contributed by atoms with E-state index in [1.807, 2.05) is 0 Å². The molecule has 2 aromatic heterocycles. The van der Waals surface area contributed by atoms with E-state index >= 15 is 8.78 Å². The lowest BCUT2D eigenvalue weighted by Crippen LogP contribution is -2.04. The number of hydrogen-bond acceptors (Lipinski definition) is 6. The van der Waals surface area contributed by atoms with Crippen molar-refractivity contribution in [3.63, 3.8) is 0 Å². The van der Waals surface area contributed by atoms with Crippen LogP contribution in [0, 0.1) is 68.6 Å². The number of fused-ring (bicyclic) bond motifs is 4. The number of hydrogen-bond donors (Lipinski definition) is 0. The monoisotopic (exact) mass is 478 g/mol. The number of halogens is 4. The zero-order valence-corrected chi connectivity index (χ0v) is 17.7. The molecule has 2 heterocycles. The van der Waals surface area contributed by atoms with Crippen LogP contribution in [0.2, 0.25) is 0 Å². The van der Waals surface area contributed by atoms with Crippen LogP contribution >= 0.6 is 0 Å². The van der Waals surface area contributed by atoms with E-state index in [1.54, 1.807) is 48.5 Å². The Balaban J connectivity index is 2.15. The maximum Gasteiger partial charge on any atom is 0.198 e. The molecule has 0 N–H and O–H groups in total. The van der Waals surface area contributed by atoms with Crippen molar-refractivity contribution in [1.82, 2.24) is 9.97 Å². The first kappa shape index (κ1) is 22.2.